The van der Waals surface area contributed by atoms with Crippen LogP contribution < -0.4 is 32.7 Å². The first kappa shape index (κ1) is 37.0. The van der Waals surface area contributed by atoms with Gasteiger partial charge in [-0.2, -0.15) is 0 Å². The van der Waals surface area contributed by atoms with Gasteiger partial charge in [0.05, 0.1) is 12.5 Å². The third kappa shape index (κ3) is 13.7. The van der Waals surface area contributed by atoms with Crippen LogP contribution >= 0.6 is 0 Å². The van der Waals surface area contributed by atoms with Crippen LogP contribution in [0.3, 0.4) is 0 Å². The molecular weight excluding hydrogens is 556 g/mol. The van der Waals surface area contributed by atoms with E-state index in [4.69, 9.17) is 11.5 Å². The molecule has 0 aliphatic carbocycles. The van der Waals surface area contributed by atoms with Gasteiger partial charge < -0.3 is 37.8 Å². The van der Waals surface area contributed by atoms with Gasteiger partial charge in [0.25, 0.3) is 0 Å². The molecule has 0 heterocycles. The van der Waals surface area contributed by atoms with E-state index in [2.05, 4.69) is 21.3 Å². The molecule has 0 saturated carbocycles. The first-order valence-electron chi connectivity index (χ1n) is 14.5. The molecule has 5 amide bonds. The quantitative estimate of drug-likeness (QED) is 0.122. The summed E-state index contributed by atoms with van der Waals surface area (Å²) in [5.41, 5.74) is 12.3. The molecule has 0 aliphatic heterocycles. The summed E-state index contributed by atoms with van der Waals surface area (Å²) in [4.78, 5) is 76.0. The van der Waals surface area contributed by atoms with Crippen LogP contribution in [0.15, 0.2) is 30.3 Å². The monoisotopic (exact) mass is 604 g/mol. The first-order valence-corrected chi connectivity index (χ1v) is 14.5. The molecule has 5 atom stereocenters. The fourth-order valence-corrected chi connectivity index (χ4v) is 4.37. The molecule has 1 aromatic carbocycles. The molecule has 43 heavy (non-hydrogen) atoms. The minimum Gasteiger partial charge on any atom is -0.480 e. The molecule has 0 unspecified atom stereocenters. The van der Waals surface area contributed by atoms with Gasteiger partial charge in [0.2, 0.25) is 29.5 Å². The van der Waals surface area contributed by atoms with Crippen LogP contribution in [-0.4, -0.2) is 70.8 Å². The number of carboxylic acids is 1. The number of carboxylic acid groups (broad SMARTS) is 1. The lowest BCUT2D eigenvalue weighted by Gasteiger charge is -2.28. The molecule has 13 heteroatoms. The Morgan fingerprint density at radius 3 is 1.67 bits per heavy atom. The lowest BCUT2D eigenvalue weighted by Crippen LogP contribution is -2.60. The molecule has 0 bridgehead atoms. The molecule has 240 valence electrons. The largest absolute Gasteiger partial charge is 0.480 e. The molecule has 0 aliphatic rings. The lowest BCUT2D eigenvalue weighted by atomic mass is 9.99. The highest BCUT2D eigenvalue weighted by Gasteiger charge is 2.34. The van der Waals surface area contributed by atoms with Crippen molar-refractivity contribution in [3.63, 3.8) is 0 Å². The maximum absolute atomic E-state index is 13.3. The van der Waals surface area contributed by atoms with Crippen molar-refractivity contribution in [2.24, 2.45) is 29.2 Å². The first-order chi connectivity index (χ1) is 20.0. The van der Waals surface area contributed by atoms with Gasteiger partial charge in [-0.3, -0.25) is 24.0 Å². The normalized spacial score (nSPS) is 14.7. The number of rotatable bonds is 18. The van der Waals surface area contributed by atoms with Crippen LogP contribution in [0.4, 0.5) is 0 Å². The van der Waals surface area contributed by atoms with Gasteiger partial charge in [0.1, 0.15) is 24.2 Å². The Balaban J connectivity index is 3.07. The molecule has 9 N–H and O–H groups in total. The fraction of sp³-hybridized carbons (Fsp3) is 0.600. The highest BCUT2D eigenvalue weighted by atomic mass is 16.4. The van der Waals surface area contributed by atoms with Crippen LogP contribution in [0.1, 0.15) is 66.4 Å². The number of carbonyl (C=O) groups is 6. The Morgan fingerprint density at radius 2 is 1.19 bits per heavy atom. The van der Waals surface area contributed by atoms with Gasteiger partial charge in [0.15, 0.2) is 0 Å². The summed E-state index contributed by atoms with van der Waals surface area (Å²) in [6, 6.07) is 3.33. The average Bonchev–Trinajstić information content (AvgIpc) is 2.89. The second-order valence-electron chi connectivity index (χ2n) is 12.0. The molecule has 1 aromatic rings. The van der Waals surface area contributed by atoms with Crippen LogP contribution in [0, 0.1) is 17.8 Å². The number of carbonyl (C=O) groups excluding carboxylic acids is 5. The van der Waals surface area contributed by atoms with Crippen LogP contribution in [0.2, 0.25) is 0 Å². The molecule has 1 rings (SSSR count). The number of nitrogens with two attached hydrogens (primary N) is 2. The van der Waals surface area contributed by atoms with E-state index < -0.39 is 78.1 Å². The van der Waals surface area contributed by atoms with Gasteiger partial charge in [-0.05, 0) is 42.6 Å². The predicted molar refractivity (Wildman–Crippen MR) is 161 cm³/mol. The summed E-state index contributed by atoms with van der Waals surface area (Å²) in [6.07, 6.45) is 0.0566. The maximum atomic E-state index is 13.3. The molecule has 0 saturated heterocycles. The molecule has 0 fully saturated rings. The highest BCUT2D eigenvalue weighted by molar-refractivity contribution is 5.97. The summed E-state index contributed by atoms with van der Waals surface area (Å²) < 4.78 is 0. The van der Waals surface area contributed by atoms with Crippen molar-refractivity contribution in [1.29, 1.82) is 0 Å². The third-order valence-corrected chi connectivity index (χ3v) is 6.58. The molecule has 13 nitrogen and oxygen atoms in total. The van der Waals surface area contributed by atoms with Crippen molar-refractivity contribution >= 4 is 35.5 Å². The zero-order valence-corrected chi connectivity index (χ0v) is 25.9. The Morgan fingerprint density at radius 1 is 0.698 bits per heavy atom. The summed E-state index contributed by atoms with van der Waals surface area (Å²) in [5.74, 6) is -5.51. The zero-order valence-electron chi connectivity index (χ0n) is 25.9. The van der Waals surface area contributed by atoms with E-state index in [1.165, 1.54) is 0 Å². The molecule has 0 radical (unpaired) electrons. The number of nitrogens with one attached hydrogen (secondary N) is 4. The number of benzene rings is 1. The smallest absolute Gasteiger partial charge is 0.326 e. The number of amides is 5. The van der Waals surface area contributed by atoms with Gasteiger partial charge in [-0.1, -0.05) is 71.9 Å². The van der Waals surface area contributed by atoms with E-state index in [1.54, 1.807) is 13.8 Å². The summed E-state index contributed by atoms with van der Waals surface area (Å²) in [5, 5.41) is 19.6. The topological polar surface area (TPSA) is 223 Å². The van der Waals surface area contributed by atoms with E-state index in [0.29, 0.717) is 0 Å². The van der Waals surface area contributed by atoms with Crippen molar-refractivity contribution in [1.82, 2.24) is 21.3 Å². The van der Waals surface area contributed by atoms with Crippen molar-refractivity contribution in [3.05, 3.63) is 35.9 Å². The fourth-order valence-electron chi connectivity index (χ4n) is 4.37. The SMILES string of the molecule is CC(C)C[C@H](NC(=O)[C@@H](NC(=O)[C@H](CC(N)=O)NC(=O)[C@H](CC(C)C)NC(=O)[C@@H](N)Cc1ccccc1)C(C)C)C(=O)O. The highest BCUT2D eigenvalue weighted by Crippen LogP contribution is 2.10. The Hall–Kier alpha value is -4.00. The van der Waals surface area contributed by atoms with Gasteiger partial charge >= 0.3 is 5.97 Å². The minimum absolute atomic E-state index is 0.0178. The zero-order chi connectivity index (χ0) is 32.9. The molecule has 0 aromatic heterocycles. The standard InChI is InChI=1S/C30H48N6O7/c1-16(2)12-21(33-26(38)20(31)14-19-10-8-7-9-11-19)27(39)34-22(15-24(32)37)28(40)36-25(18(5)6)29(41)35-23(30(42)43)13-17(3)4/h7-11,16-18,20-23,25H,12-15,31H2,1-6H3,(H2,32,37)(H,33,38)(H,34,39)(H,35,41)(H,36,40)(H,42,43)/t20-,21-,22-,23-,25-/m0/s1. The average molecular weight is 605 g/mol. The van der Waals surface area contributed by atoms with Crippen LogP contribution in [-0.2, 0) is 35.2 Å². The maximum Gasteiger partial charge on any atom is 0.326 e. The lowest BCUT2D eigenvalue weighted by molar-refractivity contribution is -0.143. The van der Waals surface area contributed by atoms with Gasteiger partial charge in [-0.15, -0.1) is 0 Å². The van der Waals surface area contributed by atoms with Crippen molar-refractivity contribution in [2.45, 2.75) is 97.4 Å². The van der Waals surface area contributed by atoms with Crippen molar-refractivity contribution in [2.75, 3.05) is 0 Å². The second-order valence-corrected chi connectivity index (χ2v) is 12.0. The molecular formula is C30H48N6O7. The van der Waals surface area contributed by atoms with Gasteiger partial charge in [0, 0.05) is 0 Å². The minimum atomic E-state index is -1.46. The number of hydrogen-bond donors (Lipinski definition) is 7. The van der Waals surface area contributed by atoms with E-state index in [9.17, 15) is 33.9 Å². The third-order valence-electron chi connectivity index (χ3n) is 6.58. The molecule has 0 spiro atoms. The van der Waals surface area contributed by atoms with E-state index in [-0.39, 0.29) is 31.1 Å². The summed E-state index contributed by atoms with van der Waals surface area (Å²) >= 11 is 0. The van der Waals surface area contributed by atoms with Gasteiger partial charge in [-0.25, -0.2) is 4.79 Å². The number of aliphatic carboxylic acids is 1. The Labute approximate surface area is 253 Å². The van der Waals surface area contributed by atoms with E-state index >= 15 is 0 Å². The Bertz CT molecular complexity index is 1110. The van der Waals surface area contributed by atoms with Crippen LogP contribution in [0.5, 0.6) is 0 Å². The Kier molecular flexibility index (Phi) is 15.4. The number of hydrogen-bond acceptors (Lipinski definition) is 7. The van der Waals surface area contributed by atoms with Crippen molar-refractivity contribution in [3.8, 4) is 0 Å². The predicted octanol–water partition coefficient (Wildman–Crippen LogP) is 0.204. The van der Waals surface area contributed by atoms with Crippen molar-refractivity contribution < 1.29 is 33.9 Å². The number of primary amides is 1. The van der Waals surface area contributed by atoms with E-state index in [0.717, 1.165) is 5.56 Å². The second kappa shape index (κ2) is 17.8. The van der Waals surface area contributed by atoms with Crippen LogP contribution in [0.25, 0.3) is 0 Å². The van der Waals surface area contributed by atoms with E-state index in [1.807, 2.05) is 58.0 Å². The summed E-state index contributed by atoms with van der Waals surface area (Å²) in [7, 11) is 0. The summed E-state index contributed by atoms with van der Waals surface area (Å²) in [6.45, 7) is 10.6.